The van der Waals surface area contributed by atoms with Crippen molar-refractivity contribution in [3.8, 4) is 0 Å². The van der Waals surface area contributed by atoms with Crippen molar-refractivity contribution in [2.24, 2.45) is 0 Å². The Morgan fingerprint density at radius 1 is 1.14 bits per heavy atom. The quantitative estimate of drug-likeness (QED) is 0.653. The van der Waals surface area contributed by atoms with Crippen LogP contribution in [-0.2, 0) is 4.74 Å². The van der Waals surface area contributed by atoms with Gasteiger partial charge in [0.25, 0.3) is 0 Å². The maximum Gasteiger partial charge on any atom is 0.0594 e. The summed E-state index contributed by atoms with van der Waals surface area (Å²) < 4.78 is 5.38. The normalized spacial score (nSPS) is 31.5. The minimum atomic E-state index is 0.709. The molecule has 0 spiro atoms. The van der Waals surface area contributed by atoms with Crippen LogP contribution in [0.4, 0.5) is 0 Å². The van der Waals surface area contributed by atoms with E-state index in [9.17, 15) is 0 Å². The van der Waals surface area contributed by atoms with Gasteiger partial charge in [0.15, 0.2) is 0 Å². The maximum atomic E-state index is 5.38. The SMILES string of the molecule is CC(C)N1CC[C@H](N2CCOCC2)C1. The molecule has 2 rings (SSSR count). The average Bonchev–Trinajstić information content (AvgIpc) is 2.68. The van der Waals surface area contributed by atoms with Gasteiger partial charge in [-0.25, -0.2) is 0 Å². The van der Waals surface area contributed by atoms with Crippen molar-refractivity contribution in [1.82, 2.24) is 9.80 Å². The first-order chi connectivity index (χ1) is 6.77. The van der Waals surface area contributed by atoms with Crippen LogP contribution in [-0.4, -0.2) is 61.3 Å². The van der Waals surface area contributed by atoms with Gasteiger partial charge in [0.05, 0.1) is 13.2 Å². The van der Waals surface area contributed by atoms with Gasteiger partial charge in [-0.3, -0.25) is 9.80 Å². The second-order valence-electron chi connectivity index (χ2n) is 4.68. The molecule has 0 N–H and O–H groups in total. The molecule has 0 radical (unpaired) electrons. The van der Waals surface area contributed by atoms with Crippen molar-refractivity contribution >= 4 is 0 Å². The van der Waals surface area contributed by atoms with Crippen LogP contribution in [0.15, 0.2) is 0 Å². The van der Waals surface area contributed by atoms with Crippen molar-refractivity contribution in [1.29, 1.82) is 0 Å². The van der Waals surface area contributed by atoms with Crippen molar-refractivity contribution in [2.75, 3.05) is 39.4 Å². The topological polar surface area (TPSA) is 15.7 Å². The Morgan fingerprint density at radius 2 is 1.86 bits per heavy atom. The van der Waals surface area contributed by atoms with Gasteiger partial charge in [-0.15, -0.1) is 0 Å². The lowest BCUT2D eigenvalue weighted by Gasteiger charge is -2.32. The van der Waals surface area contributed by atoms with Gasteiger partial charge >= 0.3 is 0 Å². The lowest BCUT2D eigenvalue weighted by Crippen LogP contribution is -2.45. The van der Waals surface area contributed by atoms with E-state index in [1.807, 2.05) is 0 Å². The fraction of sp³-hybridized carbons (Fsp3) is 1.00. The third-order valence-corrected chi connectivity index (χ3v) is 3.49. The predicted octanol–water partition coefficient (Wildman–Crippen LogP) is 0.801. The minimum absolute atomic E-state index is 0.709. The summed E-state index contributed by atoms with van der Waals surface area (Å²) in [6.07, 6.45) is 1.35. The number of morpholine rings is 1. The molecule has 3 nitrogen and oxygen atoms in total. The van der Waals surface area contributed by atoms with E-state index in [1.165, 1.54) is 19.5 Å². The van der Waals surface area contributed by atoms with Gasteiger partial charge < -0.3 is 4.74 Å². The van der Waals surface area contributed by atoms with E-state index in [2.05, 4.69) is 23.6 Å². The van der Waals surface area contributed by atoms with Crippen LogP contribution in [0.3, 0.4) is 0 Å². The van der Waals surface area contributed by atoms with E-state index in [4.69, 9.17) is 4.74 Å². The minimum Gasteiger partial charge on any atom is -0.379 e. The number of rotatable bonds is 2. The Morgan fingerprint density at radius 3 is 2.43 bits per heavy atom. The first-order valence-electron chi connectivity index (χ1n) is 5.83. The molecule has 2 aliphatic heterocycles. The number of hydrogen-bond acceptors (Lipinski definition) is 3. The summed E-state index contributed by atoms with van der Waals surface area (Å²) in [5.74, 6) is 0. The van der Waals surface area contributed by atoms with Crippen LogP contribution in [0, 0.1) is 0 Å². The molecule has 2 heterocycles. The lowest BCUT2D eigenvalue weighted by atomic mass is 10.2. The number of likely N-dealkylation sites (tertiary alicyclic amines) is 1. The largest absolute Gasteiger partial charge is 0.379 e. The molecule has 2 aliphatic rings. The van der Waals surface area contributed by atoms with E-state index < -0.39 is 0 Å². The molecule has 0 unspecified atom stereocenters. The molecule has 0 aromatic carbocycles. The molecule has 3 heteroatoms. The van der Waals surface area contributed by atoms with Crippen molar-refractivity contribution in [3.05, 3.63) is 0 Å². The number of ether oxygens (including phenoxy) is 1. The average molecular weight is 198 g/mol. The highest BCUT2D eigenvalue weighted by Gasteiger charge is 2.29. The zero-order chi connectivity index (χ0) is 9.97. The summed E-state index contributed by atoms with van der Waals surface area (Å²) in [7, 11) is 0. The molecule has 0 aromatic heterocycles. The molecule has 0 aliphatic carbocycles. The summed E-state index contributed by atoms with van der Waals surface area (Å²) in [5, 5.41) is 0. The highest BCUT2D eigenvalue weighted by Crippen LogP contribution is 2.18. The molecule has 2 fully saturated rings. The Hall–Kier alpha value is -0.120. The van der Waals surface area contributed by atoms with Crippen LogP contribution in [0.25, 0.3) is 0 Å². The van der Waals surface area contributed by atoms with E-state index in [0.717, 1.165) is 32.3 Å². The zero-order valence-electron chi connectivity index (χ0n) is 9.41. The molecule has 0 aromatic rings. The second-order valence-corrected chi connectivity index (χ2v) is 4.68. The standard InChI is InChI=1S/C11H22N2O/c1-10(2)13-4-3-11(9-13)12-5-7-14-8-6-12/h10-11H,3-9H2,1-2H3/t11-/m0/s1. The van der Waals surface area contributed by atoms with Crippen LogP contribution in [0.2, 0.25) is 0 Å². The van der Waals surface area contributed by atoms with Gasteiger partial charge in [0.2, 0.25) is 0 Å². The molecule has 0 bridgehead atoms. The maximum absolute atomic E-state index is 5.38. The van der Waals surface area contributed by atoms with Gasteiger partial charge in [-0.05, 0) is 20.3 Å². The Balaban J connectivity index is 1.82. The van der Waals surface area contributed by atoms with Crippen molar-refractivity contribution in [3.63, 3.8) is 0 Å². The third-order valence-electron chi connectivity index (χ3n) is 3.49. The highest BCUT2D eigenvalue weighted by molar-refractivity contribution is 4.85. The predicted molar refractivity (Wildman–Crippen MR) is 57.5 cm³/mol. The molecule has 14 heavy (non-hydrogen) atoms. The molecule has 1 atom stereocenters. The molecule has 82 valence electrons. The number of nitrogens with zero attached hydrogens (tertiary/aromatic N) is 2. The van der Waals surface area contributed by atoms with Crippen LogP contribution < -0.4 is 0 Å². The van der Waals surface area contributed by atoms with E-state index >= 15 is 0 Å². The number of hydrogen-bond donors (Lipinski definition) is 0. The molecule has 2 saturated heterocycles. The van der Waals surface area contributed by atoms with Gasteiger partial charge in [0.1, 0.15) is 0 Å². The van der Waals surface area contributed by atoms with Crippen LogP contribution in [0.1, 0.15) is 20.3 Å². The Labute approximate surface area is 87.0 Å². The lowest BCUT2D eigenvalue weighted by molar-refractivity contribution is 0.0179. The highest BCUT2D eigenvalue weighted by atomic mass is 16.5. The van der Waals surface area contributed by atoms with Crippen molar-refractivity contribution < 1.29 is 4.74 Å². The summed E-state index contributed by atoms with van der Waals surface area (Å²) in [4.78, 5) is 5.19. The molecular formula is C11H22N2O. The molecule has 0 amide bonds. The third kappa shape index (κ3) is 2.27. The van der Waals surface area contributed by atoms with Crippen molar-refractivity contribution in [2.45, 2.75) is 32.4 Å². The summed E-state index contributed by atoms with van der Waals surface area (Å²) in [6.45, 7) is 11.3. The summed E-state index contributed by atoms with van der Waals surface area (Å²) >= 11 is 0. The monoisotopic (exact) mass is 198 g/mol. The smallest absolute Gasteiger partial charge is 0.0594 e. The van der Waals surface area contributed by atoms with E-state index in [0.29, 0.717) is 6.04 Å². The first-order valence-corrected chi connectivity index (χ1v) is 5.83. The summed E-state index contributed by atoms with van der Waals surface area (Å²) in [6, 6.07) is 1.50. The van der Waals surface area contributed by atoms with E-state index in [-0.39, 0.29) is 0 Å². The fourth-order valence-corrected chi connectivity index (χ4v) is 2.48. The van der Waals surface area contributed by atoms with Gasteiger partial charge in [0, 0.05) is 38.3 Å². The summed E-state index contributed by atoms with van der Waals surface area (Å²) in [5.41, 5.74) is 0. The van der Waals surface area contributed by atoms with Gasteiger partial charge in [-0.2, -0.15) is 0 Å². The van der Waals surface area contributed by atoms with E-state index in [1.54, 1.807) is 0 Å². The molecule has 0 saturated carbocycles. The van der Waals surface area contributed by atoms with Crippen LogP contribution >= 0.6 is 0 Å². The molecular weight excluding hydrogens is 176 g/mol. The fourth-order valence-electron chi connectivity index (χ4n) is 2.48. The Bertz CT molecular complexity index is 178. The first kappa shape index (κ1) is 10.4. The van der Waals surface area contributed by atoms with Crippen LogP contribution in [0.5, 0.6) is 0 Å². The zero-order valence-corrected chi connectivity index (χ0v) is 9.41. The Kier molecular flexibility index (Phi) is 3.42. The van der Waals surface area contributed by atoms with Gasteiger partial charge in [-0.1, -0.05) is 0 Å². The second kappa shape index (κ2) is 4.60.